The van der Waals surface area contributed by atoms with Crippen LogP contribution in [0.5, 0.6) is 0 Å². The van der Waals surface area contributed by atoms with Crippen molar-refractivity contribution in [1.82, 2.24) is 9.80 Å². The second-order valence-electron chi connectivity index (χ2n) is 7.40. The molecule has 1 saturated heterocycles. The molecule has 2 aliphatic heterocycles. The molecule has 0 radical (unpaired) electrons. The lowest BCUT2D eigenvalue weighted by Crippen LogP contribution is -2.46. The number of hydrogen-bond donors (Lipinski definition) is 0. The Labute approximate surface area is 174 Å². The number of amides is 2. The van der Waals surface area contributed by atoms with Crippen LogP contribution in [0.15, 0.2) is 48.2 Å². The fraction of sp³-hybridized carbons (Fsp3) is 0.273. The van der Waals surface area contributed by atoms with Crippen molar-refractivity contribution in [3.63, 3.8) is 0 Å². The van der Waals surface area contributed by atoms with E-state index >= 15 is 0 Å². The van der Waals surface area contributed by atoms with Crippen LogP contribution in [-0.4, -0.2) is 54.8 Å². The van der Waals surface area contributed by atoms with E-state index in [-0.39, 0.29) is 5.91 Å². The highest BCUT2D eigenvalue weighted by Crippen LogP contribution is 2.37. The van der Waals surface area contributed by atoms with Crippen LogP contribution in [0.1, 0.15) is 11.1 Å². The summed E-state index contributed by atoms with van der Waals surface area (Å²) in [5.74, 6) is -1.18. The number of benzene rings is 2. The predicted octanol–water partition coefficient (Wildman–Crippen LogP) is 3.32. The van der Waals surface area contributed by atoms with Crippen LogP contribution in [0, 0.1) is 12.7 Å². The molecule has 1 fully saturated rings. The molecule has 0 bridgehead atoms. The van der Waals surface area contributed by atoms with E-state index in [4.69, 9.17) is 11.6 Å². The molecule has 2 heterocycles. The SMILES string of the molecule is Cc1ccc(Cl)cc1N1C(=O)C(c2ccc(F)cc2)=C(N2CCN(C)CC2)C1=O. The molecule has 0 saturated carbocycles. The molecule has 0 aromatic heterocycles. The first-order valence-electron chi connectivity index (χ1n) is 9.45. The Morgan fingerprint density at radius 3 is 2.24 bits per heavy atom. The zero-order valence-electron chi connectivity index (χ0n) is 16.3. The zero-order valence-corrected chi connectivity index (χ0v) is 17.0. The Hall–Kier alpha value is -2.70. The Morgan fingerprint density at radius 2 is 1.59 bits per heavy atom. The van der Waals surface area contributed by atoms with Crippen LogP contribution in [0.3, 0.4) is 0 Å². The number of halogens is 2. The van der Waals surface area contributed by atoms with Gasteiger partial charge in [0.25, 0.3) is 11.8 Å². The van der Waals surface area contributed by atoms with Crippen molar-refractivity contribution in [2.75, 3.05) is 38.1 Å². The molecule has 2 aromatic rings. The number of likely N-dealkylation sites (N-methyl/N-ethyl adjacent to an activating group) is 1. The van der Waals surface area contributed by atoms with E-state index in [9.17, 15) is 14.0 Å². The Morgan fingerprint density at radius 1 is 0.931 bits per heavy atom. The first-order chi connectivity index (χ1) is 13.9. The number of hydrogen-bond acceptors (Lipinski definition) is 4. The molecule has 29 heavy (non-hydrogen) atoms. The highest BCUT2D eigenvalue weighted by molar-refractivity contribution is 6.45. The second kappa shape index (κ2) is 7.61. The maximum absolute atomic E-state index is 13.5. The third kappa shape index (κ3) is 3.54. The van der Waals surface area contributed by atoms with Crippen molar-refractivity contribution in [3.05, 3.63) is 70.1 Å². The monoisotopic (exact) mass is 413 g/mol. The number of carbonyl (C=O) groups is 2. The summed E-state index contributed by atoms with van der Waals surface area (Å²) in [6, 6.07) is 10.8. The van der Waals surface area contributed by atoms with Gasteiger partial charge in [0.15, 0.2) is 0 Å². The van der Waals surface area contributed by atoms with Crippen molar-refractivity contribution in [2.45, 2.75) is 6.92 Å². The van der Waals surface area contributed by atoms with Gasteiger partial charge in [-0.25, -0.2) is 9.29 Å². The molecule has 7 heteroatoms. The summed E-state index contributed by atoms with van der Waals surface area (Å²) in [5, 5.41) is 0.447. The number of nitrogens with zero attached hydrogens (tertiary/aromatic N) is 3. The molecule has 0 N–H and O–H groups in total. The van der Waals surface area contributed by atoms with Crippen molar-refractivity contribution < 1.29 is 14.0 Å². The van der Waals surface area contributed by atoms with E-state index in [1.807, 2.05) is 18.9 Å². The van der Waals surface area contributed by atoms with E-state index in [0.717, 1.165) is 18.7 Å². The van der Waals surface area contributed by atoms with Crippen LogP contribution in [0.2, 0.25) is 5.02 Å². The first kappa shape index (κ1) is 19.6. The normalized spacial score (nSPS) is 18.2. The third-order valence-corrected chi connectivity index (χ3v) is 5.66. The first-order valence-corrected chi connectivity index (χ1v) is 9.83. The van der Waals surface area contributed by atoms with Crippen LogP contribution >= 0.6 is 11.6 Å². The van der Waals surface area contributed by atoms with Crippen LogP contribution in [-0.2, 0) is 9.59 Å². The number of aryl methyl sites for hydroxylation is 1. The molecular weight excluding hydrogens is 393 g/mol. The van der Waals surface area contributed by atoms with Gasteiger partial charge in [0.05, 0.1) is 11.3 Å². The lowest BCUT2D eigenvalue weighted by molar-refractivity contribution is -0.120. The Balaban J connectivity index is 1.83. The van der Waals surface area contributed by atoms with E-state index in [1.165, 1.54) is 17.0 Å². The highest BCUT2D eigenvalue weighted by Gasteiger charge is 2.43. The maximum atomic E-state index is 13.5. The van der Waals surface area contributed by atoms with Gasteiger partial charge in [-0.05, 0) is 49.4 Å². The van der Waals surface area contributed by atoms with Gasteiger partial charge < -0.3 is 9.80 Å². The molecular formula is C22H21ClFN3O2. The molecule has 0 unspecified atom stereocenters. The number of anilines is 1. The molecule has 2 aliphatic rings. The van der Waals surface area contributed by atoms with E-state index in [1.54, 1.807) is 30.3 Å². The molecule has 150 valence electrons. The van der Waals surface area contributed by atoms with Crippen molar-refractivity contribution in [1.29, 1.82) is 0 Å². The molecule has 0 spiro atoms. The molecule has 2 amide bonds. The fourth-order valence-corrected chi connectivity index (χ4v) is 3.93. The van der Waals surface area contributed by atoms with Gasteiger partial charge in [-0.3, -0.25) is 9.59 Å². The topological polar surface area (TPSA) is 43.9 Å². The van der Waals surface area contributed by atoms with Crippen LogP contribution in [0.4, 0.5) is 10.1 Å². The maximum Gasteiger partial charge on any atom is 0.282 e. The molecule has 5 nitrogen and oxygen atoms in total. The minimum absolute atomic E-state index is 0.305. The predicted molar refractivity (Wildman–Crippen MR) is 111 cm³/mol. The third-order valence-electron chi connectivity index (χ3n) is 5.42. The smallest absolute Gasteiger partial charge is 0.282 e. The summed E-state index contributed by atoms with van der Waals surface area (Å²) < 4.78 is 13.5. The fourth-order valence-electron chi connectivity index (χ4n) is 3.76. The van der Waals surface area contributed by atoms with Crippen LogP contribution in [0.25, 0.3) is 5.57 Å². The standard InChI is InChI=1S/C22H21ClFN3O2/c1-14-3-6-16(23)13-18(14)27-21(28)19(15-4-7-17(24)8-5-15)20(22(27)29)26-11-9-25(2)10-12-26/h3-8,13H,9-12H2,1-2H3. The summed E-state index contributed by atoms with van der Waals surface area (Å²) in [5.41, 5.74) is 2.44. The van der Waals surface area contributed by atoms with Gasteiger partial charge in [-0.2, -0.15) is 0 Å². The van der Waals surface area contributed by atoms with Crippen molar-refractivity contribution in [3.8, 4) is 0 Å². The number of carbonyl (C=O) groups excluding carboxylic acids is 2. The van der Waals surface area contributed by atoms with Gasteiger partial charge in [-0.1, -0.05) is 29.8 Å². The minimum Gasteiger partial charge on any atom is -0.364 e. The van der Waals surface area contributed by atoms with E-state index in [2.05, 4.69) is 4.90 Å². The zero-order chi connectivity index (χ0) is 20.7. The van der Waals surface area contributed by atoms with E-state index < -0.39 is 11.7 Å². The largest absolute Gasteiger partial charge is 0.364 e. The second-order valence-corrected chi connectivity index (χ2v) is 7.83. The van der Waals surface area contributed by atoms with Gasteiger partial charge >= 0.3 is 0 Å². The Kier molecular flexibility index (Phi) is 5.15. The van der Waals surface area contributed by atoms with Crippen molar-refractivity contribution in [2.24, 2.45) is 0 Å². The number of piperazine rings is 1. The van der Waals surface area contributed by atoms with Gasteiger partial charge in [0, 0.05) is 31.2 Å². The van der Waals surface area contributed by atoms with Gasteiger partial charge in [-0.15, -0.1) is 0 Å². The van der Waals surface area contributed by atoms with Crippen LogP contribution < -0.4 is 4.90 Å². The number of imide groups is 1. The average molecular weight is 414 g/mol. The average Bonchev–Trinajstić information content (AvgIpc) is 2.95. The molecule has 2 aromatic carbocycles. The summed E-state index contributed by atoms with van der Waals surface area (Å²) in [6.45, 7) is 4.68. The summed E-state index contributed by atoms with van der Waals surface area (Å²) in [6.07, 6.45) is 0. The molecule has 4 rings (SSSR count). The highest BCUT2D eigenvalue weighted by atomic mass is 35.5. The summed E-state index contributed by atoms with van der Waals surface area (Å²) in [4.78, 5) is 32.3. The number of rotatable bonds is 3. The Bertz CT molecular complexity index is 1010. The molecule has 0 atom stereocenters. The van der Waals surface area contributed by atoms with Gasteiger partial charge in [0.2, 0.25) is 0 Å². The molecule has 0 aliphatic carbocycles. The minimum atomic E-state index is -0.416. The summed E-state index contributed by atoms with van der Waals surface area (Å²) in [7, 11) is 2.02. The van der Waals surface area contributed by atoms with Gasteiger partial charge in [0.1, 0.15) is 11.5 Å². The lowest BCUT2D eigenvalue weighted by Gasteiger charge is -2.34. The lowest BCUT2D eigenvalue weighted by atomic mass is 10.0. The summed E-state index contributed by atoms with van der Waals surface area (Å²) >= 11 is 6.14. The van der Waals surface area contributed by atoms with Crippen molar-refractivity contribution >= 4 is 34.7 Å². The van der Waals surface area contributed by atoms with E-state index in [0.29, 0.717) is 40.6 Å². The quantitative estimate of drug-likeness (QED) is 0.724.